The summed E-state index contributed by atoms with van der Waals surface area (Å²) < 4.78 is 5.72. The molecular weight excluding hydrogens is 256 g/mol. The molecule has 1 aliphatic heterocycles. The molecule has 0 radical (unpaired) electrons. The third-order valence-corrected chi connectivity index (χ3v) is 4.49. The maximum atomic E-state index is 5.72. The zero-order chi connectivity index (χ0) is 13.9. The van der Waals surface area contributed by atoms with Crippen LogP contribution in [0.1, 0.15) is 56.1 Å². The van der Waals surface area contributed by atoms with Crippen molar-refractivity contribution in [3.05, 3.63) is 15.6 Å². The van der Waals surface area contributed by atoms with Crippen LogP contribution < -0.4 is 5.32 Å². The van der Waals surface area contributed by atoms with Crippen LogP contribution in [0.15, 0.2) is 0 Å². The SMILES string of the molecule is CCNCc1sc(CC2CCCO2)nc1C(C)(C)C. The topological polar surface area (TPSA) is 34.1 Å². The van der Waals surface area contributed by atoms with E-state index < -0.39 is 0 Å². The number of nitrogens with zero attached hydrogens (tertiary/aromatic N) is 1. The molecule has 0 amide bonds. The van der Waals surface area contributed by atoms with Crippen molar-refractivity contribution in [3.63, 3.8) is 0 Å². The molecule has 3 nitrogen and oxygen atoms in total. The molecule has 2 rings (SSSR count). The number of hydrogen-bond donors (Lipinski definition) is 1. The van der Waals surface area contributed by atoms with Gasteiger partial charge in [0.15, 0.2) is 0 Å². The predicted octanol–water partition coefficient (Wildman–Crippen LogP) is 3.27. The monoisotopic (exact) mass is 282 g/mol. The number of aromatic nitrogens is 1. The zero-order valence-electron chi connectivity index (χ0n) is 12.6. The van der Waals surface area contributed by atoms with Crippen LogP contribution in [0, 0.1) is 0 Å². The summed E-state index contributed by atoms with van der Waals surface area (Å²) in [4.78, 5) is 6.29. The molecule has 19 heavy (non-hydrogen) atoms. The van der Waals surface area contributed by atoms with Crippen LogP contribution in [-0.2, 0) is 23.1 Å². The van der Waals surface area contributed by atoms with E-state index in [4.69, 9.17) is 9.72 Å². The summed E-state index contributed by atoms with van der Waals surface area (Å²) in [7, 11) is 0. The van der Waals surface area contributed by atoms with Crippen molar-refractivity contribution in [2.24, 2.45) is 0 Å². The van der Waals surface area contributed by atoms with E-state index in [0.717, 1.165) is 26.1 Å². The second-order valence-corrected chi connectivity index (χ2v) is 7.42. The lowest BCUT2D eigenvalue weighted by molar-refractivity contribution is 0.111. The molecule has 4 heteroatoms. The minimum absolute atomic E-state index is 0.121. The smallest absolute Gasteiger partial charge is 0.0957 e. The van der Waals surface area contributed by atoms with E-state index in [1.807, 2.05) is 11.3 Å². The van der Waals surface area contributed by atoms with Crippen molar-refractivity contribution >= 4 is 11.3 Å². The van der Waals surface area contributed by atoms with E-state index in [1.165, 1.54) is 28.4 Å². The molecule has 1 unspecified atom stereocenters. The van der Waals surface area contributed by atoms with Crippen molar-refractivity contribution in [2.45, 2.75) is 65.0 Å². The van der Waals surface area contributed by atoms with Gasteiger partial charge < -0.3 is 10.1 Å². The Morgan fingerprint density at radius 3 is 2.79 bits per heavy atom. The molecule has 1 aromatic rings. The first-order valence-electron chi connectivity index (χ1n) is 7.32. The van der Waals surface area contributed by atoms with Crippen molar-refractivity contribution in [3.8, 4) is 0 Å². The first-order chi connectivity index (χ1) is 9.00. The second-order valence-electron chi connectivity index (χ2n) is 6.25. The van der Waals surface area contributed by atoms with Crippen LogP contribution in [0.25, 0.3) is 0 Å². The van der Waals surface area contributed by atoms with Crippen molar-refractivity contribution < 1.29 is 4.74 Å². The highest BCUT2D eigenvalue weighted by Gasteiger charge is 2.25. The Balaban J connectivity index is 2.13. The molecule has 0 aromatic carbocycles. The fourth-order valence-electron chi connectivity index (χ4n) is 2.43. The number of nitrogens with one attached hydrogen (secondary N) is 1. The van der Waals surface area contributed by atoms with E-state index in [0.29, 0.717) is 6.10 Å². The Labute approximate surface area is 120 Å². The van der Waals surface area contributed by atoms with Crippen LogP contribution >= 0.6 is 11.3 Å². The van der Waals surface area contributed by atoms with E-state index in [-0.39, 0.29) is 5.41 Å². The van der Waals surface area contributed by atoms with Crippen LogP contribution in [-0.4, -0.2) is 24.2 Å². The first-order valence-corrected chi connectivity index (χ1v) is 8.13. The zero-order valence-corrected chi connectivity index (χ0v) is 13.4. The molecule has 1 atom stereocenters. The molecule has 0 aliphatic carbocycles. The first kappa shape index (κ1) is 14.9. The summed E-state index contributed by atoms with van der Waals surface area (Å²) >= 11 is 1.86. The molecule has 2 heterocycles. The Kier molecular flexibility index (Phi) is 4.98. The molecular formula is C15H26N2OS. The van der Waals surface area contributed by atoms with Gasteiger partial charge in [-0.05, 0) is 19.4 Å². The normalized spacial score (nSPS) is 20.1. The number of rotatable bonds is 5. The van der Waals surface area contributed by atoms with Gasteiger partial charge in [-0.15, -0.1) is 11.3 Å². The summed E-state index contributed by atoms with van der Waals surface area (Å²) in [6.45, 7) is 11.7. The van der Waals surface area contributed by atoms with Crippen molar-refractivity contribution in [1.82, 2.24) is 10.3 Å². The van der Waals surface area contributed by atoms with Gasteiger partial charge in [0.25, 0.3) is 0 Å². The average molecular weight is 282 g/mol. The van der Waals surface area contributed by atoms with Gasteiger partial charge in [0.2, 0.25) is 0 Å². The molecule has 0 bridgehead atoms. The highest BCUT2D eigenvalue weighted by Crippen LogP contribution is 2.31. The van der Waals surface area contributed by atoms with Gasteiger partial charge in [-0.2, -0.15) is 0 Å². The third kappa shape index (κ3) is 4.01. The fraction of sp³-hybridized carbons (Fsp3) is 0.800. The molecule has 1 aliphatic rings. The van der Waals surface area contributed by atoms with Crippen molar-refractivity contribution in [1.29, 1.82) is 0 Å². The summed E-state index contributed by atoms with van der Waals surface area (Å²) in [5, 5.41) is 4.66. The maximum Gasteiger partial charge on any atom is 0.0957 e. The van der Waals surface area contributed by atoms with E-state index in [9.17, 15) is 0 Å². The lowest BCUT2D eigenvalue weighted by Gasteiger charge is -2.17. The minimum Gasteiger partial charge on any atom is -0.378 e. The Hall–Kier alpha value is -0.450. The van der Waals surface area contributed by atoms with Gasteiger partial charge in [0.05, 0.1) is 16.8 Å². The van der Waals surface area contributed by atoms with Gasteiger partial charge in [-0.3, -0.25) is 0 Å². The lowest BCUT2D eigenvalue weighted by atomic mass is 9.91. The number of hydrogen-bond acceptors (Lipinski definition) is 4. The third-order valence-electron chi connectivity index (χ3n) is 3.41. The summed E-state index contributed by atoms with van der Waals surface area (Å²) in [6, 6.07) is 0. The summed E-state index contributed by atoms with van der Waals surface area (Å²) in [5.74, 6) is 0. The van der Waals surface area contributed by atoms with Gasteiger partial charge in [0, 0.05) is 29.9 Å². The Morgan fingerprint density at radius 1 is 1.42 bits per heavy atom. The molecule has 0 spiro atoms. The number of thiazole rings is 1. The molecule has 1 N–H and O–H groups in total. The molecule has 108 valence electrons. The average Bonchev–Trinajstić information content (AvgIpc) is 2.95. The largest absolute Gasteiger partial charge is 0.378 e. The van der Waals surface area contributed by atoms with Gasteiger partial charge in [-0.25, -0.2) is 4.98 Å². The predicted molar refractivity (Wildman–Crippen MR) is 80.9 cm³/mol. The second kappa shape index (κ2) is 6.33. The van der Waals surface area contributed by atoms with Gasteiger partial charge in [-0.1, -0.05) is 27.7 Å². The lowest BCUT2D eigenvalue weighted by Crippen LogP contribution is -2.18. The number of ether oxygens (including phenoxy) is 1. The van der Waals surface area contributed by atoms with Gasteiger partial charge >= 0.3 is 0 Å². The minimum atomic E-state index is 0.121. The van der Waals surface area contributed by atoms with E-state index >= 15 is 0 Å². The Morgan fingerprint density at radius 2 is 2.21 bits per heavy atom. The summed E-state index contributed by atoms with van der Waals surface area (Å²) in [6.07, 6.45) is 3.77. The Bertz CT molecular complexity index is 403. The van der Waals surface area contributed by atoms with E-state index in [2.05, 4.69) is 33.0 Å². The van der Waals surface area contributed by atoms with Gasteiger partial charge in [0.1, 0.15) is 0 Å². The highest BCUT2D eigenvalue weighted by molar-refractivity contribution is 7.11. The van der Waals surface area contributed by atoms with Crippen LogP contribution in [0.5, 0.6) is 0 Å². The van der Waals surface area contributed by atoms with E-state index in [1.54, 1.807) is 0 Å². The quantitative estimate of drug-likeness (QED) is 0.900. The van der Waals surface area contributed by atoms with Crippen LogP contribution in [0.2, 0.25) is 0 Å². The summed E-state index contributed by atoms with van der Waals surface area (Å²) in [5.41, 5.74) is 1.38. The molecule has 0 saturated carbocycles. The standard InChI is InChI=1S/C15H26N2OS/c1-5-16-10-12-14(15(2,3)4)17-13(19-12)9-11-7-6-8-18-11/h11,16H,5-10H2,1-4H3. The maximum absolute atomic E-state index is 5.72. The fourth-order valence-corrected chi connectivity index (χ4v) is 3.75. The molecule has 1 saturated heterocycles. The van der Waals surface area contributed by atoms with Crippen LogP contribution in [0.4, 0.5) is 0 Å². The van der Waals surface area contributed by atoms with Crippen LogP contribution in [0.3, 0.4) is 0 Å². The molecule has 1 aromatic heterocycles. The van der Waals surface area contributed by atoms with Crippen molar-refractivity contribution in [2.75, 3.05) is 13.2 Å². The molecule has 1 fully saturated rings. The highest BCUT2D eigenvalue weighted by atomic mass is 32.1.